The Balaban J connectivity index is 2.12. The lowest BCUT2D eigenvalue weighted by Crippen LogP contribution is -2.55. The number of carbonyl (C=O) groups is 2. The lowest BCUT2D eigenvalue weighted by molar-refractivity contribution is 0.0525. The molecule has 1 amide bonds. The molecule has 0 aliphatic carbocycles. The Bertz CT molecular complexity index is 1160. The number of sulfone groups is 1. The van der Waals surface area contributed by atoms with Gasteiger partial charge in [0.15, 0.2) is 9.84 Å². The summed E-state index contributed by atoms with van der Waals surface area (Å²) < 4.78 is 30.3. The van der Waals surface area contributed by atoms with Gasteiger partial charge in [-0.1, -0.05) is 19.1 Å². The van der Waals surface area contributed by atoms with E-state index < -0.39 is 27.3 Å². The van der Waals surface area contributed by atoms with Crippen molar-refractivity contribution in [3.05, 3.63) is 45.8 Å². The molecular weight excluding hydrogens is 448 g/mol. The molecule has 1 aliphatic heterocycles. The number of ether oxygens (including phenoxy) is 1. The molecule has 1 aromatic heterocycles. The minimum atomic E-state index is -3.60. The maximum atomic E-state index is 13.2. The molecule has 0 saturated heterocycles. The zero-order valence-electron chi connectivity index (χ0n) is 19.3. The average molecular weight is 479 g/mol. The number of nitrogens with one attached hydrogen (secondary N) is 2. The summed E-state index contributed by atoms with van der Waals surface area (Å²) in [6.45, 7) is 11.7. The maximum absolute atomic E-state index is 13.2. The van der Waals surface area contributed by atoms with Crippen LogP contribution in [0, 0.1) is 0 Å². The van der Waals surface area contributed by atoms with Gasteiger partial charge in [0.05, 0.1) is 28.4 Å². The zero-order chi connectivity index (χ0) is 23.9. The molecule has 1 aliphatic rings. The SMILES string of the molecule is CCOC(=O)c1c(NC(=O)c2ccccc2S(=O)(=O)CC)sc2c1CC(C)(C)NC2(C)C. The Labute approximate surface area is 193 Å². The van der Waals surface area contributed by atoms with Crippen molar-refractivity contribution in [2.75, 3.05) is 17.7 Å². The fraction of sp³-hybridized carbons (Fsp3) is 0.478. The van der Waals surface area contributed by atoms with E-state index in [1.807, 2.05) is 13.8 Å². The van der Waals surface area contributed by atoms with Crippen molar-refractivity contribution in [1.29, 1.82) is 0 Å². The highest BCUT2D eigenvalue weighted by Gasteiger charge is 2.42. The molecule has 2 heterocycles. The Morgan fingerprint density at radius 3 is 2.44 bits per heavy atom. The zero-order valence-corrected chi connectivity index (χ0v) is 20.9. The number of benzene rings is 1. The van der Waals surface area contributed by atoms with E-state index >= 15 is 0 Å². The third kappa shape index (κ3) is 4.60. The van der Waals surface area contributed by atoms with Crippen LogP contribution >= 0.6 is 11.3 Å². The number of carbonyl (C=O) groups excluding carboxylic acids is 2. The summed E-state index contributed by atoms with van der Waals surface area (Å²) in [6.07, 6.45) is 0.590. The molecule has 0 saturated carbocycles. The van der Waals surface area contributed by atoms with Crippen LogP contribution in [0.2, 0.25) is 0 Å². The number of fused-ring (bicyclic) bond motifs is 1. The lowest BCUT2D eigenvalue weighted by atomic mass is 9.81. The fourth-order valence-corrected chi connectivity index (χ4v) is 6.64. The van der Waals surface area contributed by atoms with E-state index in [0.717, 1.165) is 10.4 Å². The van der Waals surface area contributed by atoms with Crippen LogP contribution in [0.15, 0.2) is 29.2 Å². The van der Waals surface area contributed by atoms with E-state index in [9.17, 15) is 18.0 Å². The molecule has 174 valence electrons. The van der Waals surface area contributed by atoms with E-state index in [1.54, 1.807) is 19.1 Å². The fourth-order valence-electron chi connectivity index (χ4n) is 4.29. The molecule has 32 heavy (non-hydrogen) atoms. The highest BCUT2D eigenvalue weighted by molar-refractivity contribution is 7.91. The van der Waals surface area contributed by atoms with Crippen LogP contribution in [0.4, 0.5) is 5.00 Å². The molecule has 1 aromatic carbocycles. The van der Waals surface area contributed by atoms with Gasteiger partial charge in [0, 0.05) is 16.0 Å². The first kappa shape index (κ1) is 24.4. The molecule has 0 radical (unpaired) electrons. The van der Waals surface area contributed by atoms with Crippen LogP contribution in [0.5, 0.6) is 0 Å². The van der Waals surface area contributed by atoms with E-state index in [-0.39, 0.29) is 28.4 Å². The monoisotopic (exact) mass is 478 g/mol. The van der Waals surface area contributed by atoms with Crippen molar-refractivity contribution >= 4 is 38.1 Å². The number of esters is 1. The highest BCUT2D eigenvalue weighted by atomic mass is 32.2. The maximum Gasteiger partial charge on any atom is 0.341 e. The van der Waals surface area contributed by atoms with Crippen LogP contribution in [-0.2, 0) is 26.5 Å². The summed E-state index contributed by atoms with van der Waals surface area (Å²) in [4.78, 5) is 27.0. The van der Waals surface area contributed by atoms with Crippen molar-refractivity contribution in [2.45, 2.75) is 63.9 Å². The predicted molar refractivity (Wildman–Crippen MR) is 126 cm³/mol. The van der Waals surface area contributed by atoms with Gasteiger partial charge in [0.1, 0.15) is 5.00 Å². The Morgan fingerprint density at radius 2 is 1.81 bits per heavy atom. The molecule has 0 unspecified atom stereocenters. The second-order valence-electron chi connectivity index (χ2n) is 9.00. The number of amides is 1. The standard InChI is InChI=1S/C23H30N2O5S2/c1-7-30-21(27)17-15-13-22(3,4)25-23(5,6)18(15)31-20(17)24-19(26)14-11-9-10-12-16(14)32(28,29)8-2/h9-12,25H,7-8,13H2,1-6H3,(H,24,26). The topological polar surface area (TPSA) is 102 Å². The molecule has 2 aromatic rings. The van der Waals surface area contributed by atoms with Gasteiger partial charge in [0.25, 0.3) is 5.91 Å². The van der Waals surface area contributed by atoms with Gasteiger partial charge in [0.2, 0.25) is 0 Å². The van der Waals surface area contributed by atoms with Gasteiger partial charge >= 0.3 is 5.97 Å². The van der Waals surface area contributed by atoms with Gasteiger partial charge in [-0.15, -0.1) is 11.3 Å². The predicted octanol–water partition coefficient (Wildman–Crippen LogP) is 4.13. The van der Waals surface area contributed by atoms with E-state index in [1.165, 1.54) is 30.4 Å². The minimum Gasteiger partial charge on any atom is -0.462 e. The van der Waals surface area contributed by atoms with E-state index in [2.05, 4.69) is 24.5 Å². The first-order valence-electron chi connectivity index (χ1n) is 10.6. The second-order valence-corrected chi connectivity index (χ2v) is 12.3. The Kier molecular flexibility index (Phi) is 6.57. The van der Waals surface area contributed by atoms with Crippen LogP contribution in [0.3, 0.4) is 0 Å². The largest absolute Gasteiger partial charge is 0.462 e. The normalized spacial score (nSPS) is 16.8. The Hall–Kier alpha value is -2.23. The van der Waals surface area contributed by atoms with Crippen molar-refractivity contribution in [3.8, 4) is 0 Å². The molecule has 9 heteroatoms. The van der Waals surface area contributed by atoms with E-state index in [0.29, 0.717) is 17.0 Å². The summed E-state index contributed by atoms with van der Waals surface area (Å²) in [5.41, 5.74) is 0.566. The van der Waals surface area contributed by atoms with Gasteiger partial charge in [-0.3, -0.25) is 4.79 Å². The molecule has 3 rings (SSSR count). The van der Waals surface area contributed by atoms with Crippen LogP contribution < -0.4 is 10.6 Å². The van der Waals surface area contributed by atoms with Gasteiger partial charge in [-0.25, -0.2) is 13.2 Å². The second kappa shape index (κ2) is 8.61. The van der Waals surface area contributed by atoms with Crippen molar-refractivity contribution < 1.29 is 22.7 Å². The third-order valence-corrected chi connectivity index (χ3v) is 8.66. The highest BCUT2D eigenvalue weighted by Crippen LogP contribution is 2.45. The molecule has 7 nitrogen and oxygen atoms in total. The third-order valence-electron chi connectivity index (χ3n) is 5.40. The first-order chi connectivity index (χ1) is 14.8. The van der Waals surface area contributed by atoms with Crippen molar-refractivity contribution in [1.82, 2.24) is 5.32 Å². The number of hydrogen-bond donors (Lipinski definition) is 2. The number of thiophene rings is 1. The Morgan fingerprint density at radius 1 is 1.16 bits per heavy atom. The van der Waals surface area contributed by atoms with Crippen LogP contribution in [-0.4, -0.2) is 38.2 Å². The van der Waals surface area contributed by atoms with Crippen LogP contribution in [0.1, 0.15) is 72.7 Å². The summed E-state index contributed by atoms with van der Waals surface area (Å²) in [5.74, 6) is -1.19. The van der Waals surface area contributed by atoms with Crippen LogP contribution in [0.25, 0.3) is 0 Å². The first-order valence-corrected chi connectivity index (χ1v) is 13.1. The number of anilines is 1. The van der Waals surface area contributed by atoms with Crippen molar-refractivity contribution in [3.63, 3.8) is 0 Å². The number of hydrogen-bond acceptors (Lipinski definition) is 7. The molecule has 0 atom stereocenters. The molecule has 0 spiro atoms. The average Bonchev–Trinajstić information content (AvgIpc) is 3.05. The molecule has 0 bridgehead atoms. The summed E-state index contributed by atoms with van der Waals surface area (Å²) >= 11 is 1.32. The lowest BCUT2D eigenvalue weighted by Gasteiger charge is -2.42. The van der Waals surface area contributed by atoms with Gasteiger partial charge in [-0.05, 0) is 58.7 Å². The quantitative estimate of drug-likeness (QED) is 0.606. The van der Waals surface area contributed by atoms with Gasteiger partial charge in [-0.2, -0.15) is 0 Å². The summed E-state index contributed by atoms with van der Waals surface area (Å²) in [5, 5.41) is 6.77. The minimum absolute atomic E-state index is 0.0258. The van der Waals surface area contributed by atoms with Gasteiger partial charge < -0.3 is 15.4 Å². The molecular formula is C23H30N2O5S2. The summed E-state index contributed by atoms with van der Waals surface area (Å²) in [6, 6.07) is 6.10. The van der Waals surface area contributed by atoms with Crippen molar-refractivity contribution in [2.24, 2.45) is 0 Å². The molecule has 2 N–H and O–H groups in total. The van der Waals surface area contributed by atoms with E-state index in [4.69, 9.17) is 4.74 Å². The smallest absolute Gasteiger partial charge is 0.341 e. The number of rotatable bonds is 6. The molecule has 0 fully saturated rings. The summed E-state index contributed by atoms with van der Waals surface area (Å²) in [7, 11) is -3.60.